The van der Waals surface area contributed by atoms with Gasteiger partial charge in [-0.15, -0.1) is 0 Å². The van der Waals surface area contributed by atoms with Crippen LogP contribution in [0.4, 0.5) is 4.79 Å². The minimum absolute atomic E-state index is 0.0157. The number of aliphatic carboxylic acids is 1. The Labute approximate surface area is 197 Å². The second-order valence-corrected chi connectivity index (χ2v) is 9.72. The van der Waals surface area contributed by atoms with Crippen molar-refractivity contribution in [2.45, 2.75) is 44.0 Å². The molecule has 5 N–H and O–H groups in total. The van der Waals surface area contributed by atoms with Crippen LogP contribution < -0.4 is 11.5 Å². The summed E-state index contributed by atoms with van der Waals surface area (Å²) >= 11 is 0. The lowest BCUT2D eigenvalue weighted by Gasteiger charge is -2.35. The van der Waals surface area contributed by atoms with E-state index in [1.807, 2.05) is 48.5 Å². The van der Waals surface area contributed by atoms with E-state index in [9.17, 15) is 19.5 Å². The summed E-state index contributed by atoms with van der Waals surface area (Å²) in [7, 11) is 0. The van der Waals surface area contributed by atoms with Gasteiger partial charge in [0.2, 0.25) is 5.66 Å². The van der Waals surface area contributed by atoms with Crippen molar-refractivity contribution in [2.24, 2.45) is 17.4 Å². The van der Waals surface area contributed by atoms with Crippen LogP contribution in [0.1, 0.15) is 37.8 Å². The van der Waals surface area contributed by atoms with Crippen LogP contribution in [0.2, 0.25) is 0 Å². The number of ether oxygens (including phenoxy) is 2. The summed E-state index contributed by atoms with van der Waals surface area (Å²) in [5.74, 6) is -4.12. The molecule has 0 spiro atoms. The highest BCUT2D eigenvalue weighted by atomic mass is 16.6. The highest BCUT2D eigenvalue weighted by Crippen LogP contribution is 2.45. The molecule has 0 aromatic heterocycles. The van der Waals surface area contributed by atoms with Gasteiger partial charge in [0, 0.05) is 18.5 Å². The van der Waals surface area contributed by atoms with Gasteiger partial charge in [-0.05, 0) is 43.0 Å². The van der Waals surface area contributed by atoms with E-state index < -0.39 is 41.3 Å². The molecule has 0 radical (unpaired) electrons. The maximum Gasteiger partial charge on any atom is 0.412 e. The minimum atomic E-state index is -2.40. The van der Waals surface area contributed by atoms with Gasteiger partial charge in [0.05, 0.1) is 0 Å². The number of hydrogen-bond donors (Lipinski definition) is 3. The molecule has 2 aliphatic rings. The number of esters is 1. The first-order valence-corrected chi connectivity index (χ1v) is 11.1. The molecule has 1 fully saturated rings. The first kappa shape index (κ1) is 23.7. The number of fused-ring (bicyclic) bond motifs is 3. The molecule has 1 amide bonds. The van der Waals surface area contributed by atoms with E-state index in [1.54, 1.807) is 20.8 Å². The first-order chi connectivity index (χ1) is 15.9. The monoisotopic (exact) mass is 467 g/mol. The third kappa shape index (κ3) is 3.91. The molecular formula is C25H29N3O6. The molecule has 9 nitrogen and oxygen atoms in total. The van der Waals surface area contributed by atoms with Crippen LogP contribution in [-0.2, 0) is 19.1 Å². The summed E-state index contributed by atoms with van der Waals surface area (Å²) in [5.41, 5.74) is 13.2. The number of carbonyl (C=O) groups is 3. The highest BCUT2D eigenvalue weighted by Gasteiger charge is 2.62. The molecule has 1 saturated heterocycles. The zero-order valence-electron chi connectivity index (χ0n) is 19.4. The molecule has 0 unspecified atom stereocenters. The van der Waals surface area contributed by atoms with Gasteiger partial charge in [0.1, 0.15) is 18.1 Å². The summed E-state index contributed by atoms with van der Waals surface area (Å²) in [4.78, 5) is 38.9. The van der Waals surface area contributed by atoms with Crippen molar-refractivity contribution in [1.29, 1.82) is 0 Å². The highest BCUT2D eigenvalue weighted by molar-refractivity contribution is 5.92. The fourth-order valence-electron chi connectivity index (χ4n) is 4.80. The largest absolute Gasteiger partial charge is 0.478 e. The fraction of sp³-hybridized carbons (Fsp3) is 0.400. The fourth-order valence-corrected chi connectivity index (χ4v) is 4.80. The molecule has 2 aromatic rings. The minimum Gasteiger partial charge on any atom is -0.478 e. The van der Waals surface area contributed by atoms with Crippen molar-refractivity contribution in [2.75, 3.05) is 13.2 Å². The average molecular weight is 468 g/mol. The maximum atomic E-state index is 13.2. The van der Waals surface area contributed by atoms with Crippen LogP contribution in [0, 0.1) is 5.92 Å². The van der Waals surface area contributed by atoms with E-state index in [0.29, 0.717) is 0 Å². The van der Waals surface area contributed by atoms with Crippen LogP contribution in [0.5, 0.6) is 0 Å². The quantitative estimate of drug-likeness (QED) is 0.581. The Morgan fingerprint density at radius 2 is 1.59 bits per heavy atom. The predicted octanol–water partition coefficient (Wildman–Crippen LogP) is 2.28. The molecular weight excluding hydrogens is 438 g/mol. The molecule has 34 heavy (non-hydrogen) atoms. The van der Waals surface area contributed by atoms with Gasteiger partial charge in [-0.1, -0.05) is 48.5 Å². The van der Waals surface area contributed by atoms with Crippen LogP contribution >= 0.6 is 0 Å². The van der Waals surface area contributed by atoms with E-state index in [1.165, 1.54) is 0 Å². The number of amides is 1. The zero-order chi connectivity index (χ0) is 24.8. The maximum absolute atomic E-state index is 13.2. The molecule has 0 saturated carbocycles. The lowest BCUT2D eigenvalue weighted by molar-refractivity contribution is -0.163. The van der Waals surface area contributed by atoms with Crippen LogP contribution in [0.3, 0.4) is 0 Å². The van der Waals surface area contributed by atoms with E-state index >= 15 is 0 Å². The van der Waals surface area contributed by atoms with E-state index in [-0.39, 0.29) is 19.1 Å². The van der Waals surface area contributed by atoms with Crippen molar-refractivity contribution in [3.8, 4) is 11.1 Å². The summed E-state index contributed by atoms with van der Waals surface area (Å²) in [6.07, 6.45) is -0.957. The molecule has 1 aliphatic heterocycles. The van der Waals surface area contributed by atoms with Gasteiger partial charge in [0.25, 0.3) is 0 Å². The number of benzene rings is 2. The predicted molar refractivity (Wildman–Crippen MR) is 124 cm³/mol. The standard InChI is InChI=1S/C25H29N3O6/c1-24(2,3)34-23(32)28-12-19(26)20(25(28,27)22(30)31)21(29)33-13-18-16-10-6-4-8-14(16)15-9-5-7-11-17(15)18/h4-11,18-20H,12-13,26-27H2,1-3H3,(H,30,31)/t19-,20+,25-/m0/s1. The first-order valence-electron chi connectivity index (χ1n) is 11.1. The molecule has 1 aliphatic carbocycles. The van der Waals surface area contributed by atoms with Gasteiger partial charge in [-0.25, -0.2) is 9.59 Å². The van der Waals surface area contributed by atoms with Crippen molar-refractivity contribution in [1.82, 2.24) is 4.90 Å². The second kappa shape index (κ2) is 8.41. The van der Waals surface area contributed by atoms with Crippen LogP contribution in [-0.4, -0.2) is 58.5 Å². The van der Waals surface area contributed by atoms with Crippen LogP contribution in [0.25, 0.3) is 11.1 Å². The molecule has 1 heterocycles. The average Bonchev–Trinajstić information content (AvgIpc) is 3.23. The summed E-state index contributed by atoms with van der Waals surface area (Å²) < 4.78 is 10.9. The Morgan fingerprint density at radius 3 is 2.09 bits per heavy atom. The number of rotatable bonds is 4. The van der Waals surface area contributed by atoms with Gasteiger partial charge < -0.3 is 20.3 Å². The molecule has 4 rings (SSSR count). The summed E-state index contributed by atoms with van der Waals surface area (Å²) in [6, 6.07) is 14.7. The van der Waals surface area contributed by atoms with Crippen molar-refractivity contribution >= 4 is 18.0 Å². The van der Waals surface area contributed by atoms with Gasteiger partial charge in [-0.2, -0.15) is 0 Å². The Morgan fingerprint density at radius 1 is 1.06 bits per heavy atom. The number of hydrogen-bond acceptors (Lipinski definition) is 7. The molecule has 3 atom stereocenters. The van der Waals surface area contributed by atoms with E-state index in [0.717, 1.165) is 27.2 Å². The summed E-state index contributed by atoms with van der Waals surface area (Å²) in [5, 5.41) is 9.93. The number of likely N-dealkylation sites (tertiary alicyclic amines) is 1. The number of carboxylic acid groups (broad SMARTS) is 1. The van der Waals surface area contributed by atoms with Gasteiger partial charge >= 0.3 is 18.0 Å². The number of nitrogens with zero attached hydrogens (tertiary/aromatic N) is 1. The summed E-state index contributed by atoms with van der Waals surface area (Å²) in [6.45, 7) is 4.65. The molecule has 2 aromatic carbocycles. The zero-order valence-corrected chi connectivity index (χ0v) is 19.4. The number of carboxylic acids is 1. The van der Waals surface area contributed by atoms with Crippen molar-refractivity contribution in [3.63, 3.8) is 0 Å². The number of carbonyl (C=O) groups excluding carboxylic acids is 2. The SMILES string of the molecule is CC(C)(C)OC(=O)N1C[C@H](N)[C@H](C(=O)OCC2c3ccccc3-c3ccccc32)[C@@]1(N)C(=O)O. The Balaban J connectivity index is 1.57. The molecule has 180 valence electrons. The van der Waals surface area contributed by atoms with Crippen molar-refractivity contribution in [3.05, 3.63) is 59.7 Å². The Kier molecular flexibility index (Phi) is 5.87. The van der Waals surface area contributed by atoms with E-state index in [4.69, 9.17) is 20.9 Å². The van der Waals surface area contributed by atoms with Crippen LogP contribution in [0.15, 0.2) is 48.5 Å². The Hall–Kier alpha value is -3.43. The van der Waals surface area contributed by atoms with Crippen molar-refractivity contribution < 1.29 is 29.0 Å². The van der Waals surface area contributed by atoms with Gasteiger partial charge in [0.15, 0.2) is 0 Å². The third-order valence-corrected chi connectivity index (χ3v) is 6.31. The lowest BCUT2D eigenvalue weighted by Crippen LogP contribution is -2.66. The number of nitrogens with two attached hydrogens (primary N) is 2. The Bertz CT molecular complexity index is 1100. The molecule has 0 bridgehead atoms. The van der Waals surface area contributed by atoms with E-state index in [2.05, 4.69) is 0 Å². The molecule has 9 heteroatoms. The third-order valence-electron chi connectivity index (χ3n) is 6.31. The lowest BCUT2D eigenvalue weighted by atomic mass is 9.91. The normalized spacial score (nSPS) is 23.9. The van der Waals surface area contributed by atoms with Gasteiger partial charge in [-0.3, -0.25) is 15.4 Å². The topological polar surface area (TPSA) is 145 Å². The second-order valence-electron chi connectivity index (χ2n) is 9.72. The smallest absolute Gasteiger partial charge is 0.412 e.